The van der Waals surface area contributed by atoms with Crippen molar-refractivity contribution in [2.24, 2.45) is 0 Å². The van der Waals surface area contributed by atoms with E-state index >= 15 is 0 Å². The third-order valence-electron chi connectivity index (χ3n) is 3.22. The quantitative estimate of drug-likeness (QED) is 0.878. The zero-order chi connectivity index (χ0) is 16.7. The van der Waals surface area contributed by atoms with Gasteiger partial charge in [0.05, 0.1) is 28.5 Å². The molecule has 2 N–H and O–H groups in total. The Balaban J connectivity index is 2.47. The fourth-order valence-electron chi connectivity index (χ4n) is 2.17. The molecule has 0 aliphatic heterocycles. The lowest BCUT2D eigenvalue weighted by Crippen LogP contribution is -2.19. The summed E-state index contributed by atoms with van der Waals surface area (Å²) >= 11 is 0. The Kier molecular flexibility index (Phi) is 4.10. The molecule has 0 atom stereocenters. The summed E-state index contributed by atoms with van der Waals surface area (Å²) in [4.78, 5) is 10.5. The molecule has 0 amide bonds. The maximum atomic E-state index is 12.6. The van der Waals surface area contributed by atoms with Gasteiger partial charge in [-0.1, -0.05) is 0 Å². The standard InChI is InChI=1S/C13H20N6O2S/c1-7-11(8(2)15-13(14-7)19(5)6)18-22(20,21)12-9(3)16-17-10(12)4/h18H,1-6H3,(H,16,17). The van der Waals surface area contributed by atoms with E-state index in [1.54, 1.807) is 32.6 Å². The van der Waals surface area contributed by atoms with Crippen LogP contribution in [0.3, 0.4) is 0 Å². The number of anilines is 2. The van der Waals surface area contributed by atoms with Crippen LogP contribution in [0.1, 0.15) is 22.8 Å². The molecule has 0 aromatic carbocycles. The number of nitrogens with one attached hydrogen (secondary N) is 2. The summed E-state index contributed by atoms with van der Waals surface area (Å²) < 4.78 is 27.8. The minimum Gasteiger partial charge on any atom is -0.347 e. The summed E-state index contributed by atoms with van der Waals surface area (Å²) in [7, 11) is -0.0876. The molecule has 8 nitrogen and oxygen atoms in total. The van der Waals surface area contributed by atoms with Crippen LogP contribution in [-0.2, 0) is 10.0 Å². The average Bonchev–Trinajstić information content (AvgIpc) is 2.73. The van der Waals surface area contributed by atoms with Crippen molar-refractivity contribution >= 4 is 21.7 Å². The molecule has 120 valence electrons. The zero-order valence-electron chi connectivity index (χ0n) is 13.5. The van der Waals surface area contributed by atoms with Crippen molar-refractivity contribution in [3.63, 3.8) is 0 Å². The maximum absolute atomic E-state index is 12.6. The predicted molar refractivity (Wildman–Crippen MR) is 84.7 cm³/mol. The number of aryl methyl sites for hydroxylation is 4. The highest BCUT2D eigenvalue weighted by atomic mass is 32.2. The average molecular weight is 324 g/mol. The number of hydrogen-bond donors (Lipinski definition) is 2. The molecular formula is C13H20N6O2S. The molecule has 0 aliphatic carbocycles. The van der Waals surface area contributed by atoms with Crippen LogP contribution in [0.25, 0.3) is 0 Å². The monoisotopic (exact) mass is 324 g/mol. The molecule has 0 fully saturated rings. The summed E-state index contributed by atoms with van der Waals surface area (Å²) in [6.07, 6.45) is 0. The number of H-pyrrole nitrogens is 1. The minimum absolute atomic E-state index is 0.156. The second-order valence-electron chi connectivity index (χ2n) is 5.33. The molecule has 0 spiro atoms. The van der Waals surface area contributed by atoms with E-state index in [4.69, 9.17) is 0 Å². The zero-order valence-corrected chi connectivity index (χ0v) is 14.3. The number of hydrogen-bond acceptors (Lipinski definition) is 6. The molecule has 2 aromatic heterocycles. The molecule has 9 heteroatoms. The highest BCUT2D eigenvalue weighted by Crippen LogP contribution is 2.25. The van der Waals surface area contributed by atoms with Gasteiger partial charge in [-0.3, -0.25) is 9.82 Å². The van der Waals surface area contributed by atoms with Gasteiger partial charge in [0.2, 0.25) is 5.95 Å². The molecule has 0 saturated carbocycles. The first kappa shape index (κ1) is 16.2. The molecule has 2 heterocycles. The van der Waals surface area contributed by atoms with E-state index in [2.05, 4.69) is 24.9 Å². The van der Waals surface area contributed by atoms with Crippen molar-refractivity contribution in [1.82, 2.24) is 20.2 Å². The minimum atomic E-state index is -3.75. The van der Waals surface area contributed by atoms with Gasteiger partial charge in [-0.15, -0.1) is 0 Å². The Labute approximate surface area is 130 Å². The summed E-state index contributed by atoms with van der Waals surface area (Å²) in [5.74, 6) is 0.536. The van der Waals surface area contributed by atoms with Crippen molar-refractivity contribution in [2.45, 2.75) is 32.6 Å². The van der Waals surface area contributed by atoms with Crippen LogP contribution in [0.4, 0.5) is 11.6 Å². The van der Waals surface area contributed by atoms with Crippen LogP contribution < -0.4 is 9.62 Å². The molecule has 22 heavy (non-hydrogen) atoms. The van der Waals surface area contributed by atoms with Gasteiger partial charge < -0.3 is 4.90 Å². The maximum Gasteiger partial charge on any atom is 0.265 e. The smallest absolute Gasteiger partial charge is 0.265 e. The van der Waals surface area contributed by atoms with Gasteiger partial charge in [0.15, 0.2) is 0 Å². The first-order valence-electron chi connectivity index (χ1n) is 6.70. The van der Waals surface area contributed by atoms with Gasteiger partial charge in [0.1, 0.15) is 4.90 Å². The molecule has 0 radical (unpaired) electrons. The molecule has 0 unspecified atom stereocenters. The predicted octanol–water partition coefficient (Wildman–Crippen LogP) is 1.30. The molecule has 2 rings (SSSR count). The van der Waals surface area contributed by atoms with Crippen LogP contribution in [0.5, 0.6) is 0 Å². The second-order valence-corrected chi connectivity index (χ2v) is 6.95. The molecule has 0 bridgehead atoms. The number of rotatable bonds is 4. The number of nitrogens with zero attached hydrogens (tertiary/aromatic N) is 4. The molecular weight excluding hydrogens is 304 g/mol. The Morgan fingerprint density at radius 2 is 1.55 bits per heavy atom. The highest BCUT2D eigenvalue weighted by molar-refractivity contribution is 7.92. The summed E-state index contributed by atoms with van der Waals surface area (Å²) in [6.45, 7) is 6.80. The van der Waals surface area contributed by atoms with E-state index in [1.807, 2.05) is 14.1 Å². The first-order chi connectivity index (χ1) is 10.1. The normalized spacial score (nSPS) is 11.5. The van der Waals surface area contributed by atoms with Gasteiger partial charge in [-0.05, 0) is 27.7 Å². The van der Waals surface area contributed by atoms with E-state index in [0.717, 1.165) is 0 Å². The lowest BCUT2D eigenvalue weighted by Gasteiger charge is -2.16. The number of aromatic amines is 1. The third kappa shape index (κ3) is 2.89. The SMILES string of the molecule is Cc1nc(N(C)C)nc(C)c1NS(=O)(=O)c1c(C)n[nH]c1C. The van der Waals surface area contributed by atoms with E-state index in [9.17, 15) is 8.42 Å². The van der Waals surface area contributed by atoms with Gasteiger partial charge in [-0.2, -0.15) is 5.10 Å². The number of aromatic nitrogens is 4. The Morgan fingerprint density at radius 1 is 1.00 bits per heavy atom. The van der Waals surface area contributed by atoms with E-state index in [-0.39, 0.29) is 4.90 Å². The van der Waals surface area contributed by atoms with Crippen LogP contribution in [0.2, 0.25) is 0 Å². The lowest BCUT2D eigenvalue weighted by atomic mass is 10.3. The van der Waals surface area contributed by atoms with Crippen LogP contribution in [0, 0.1) is 27.7 Å². The van der Waals surface area contributed by atoms with Gasteiger partial charge in [0.25, 0.3) is 10.0 Å². The van der Waals surface area contributed by atoms with E-state index < -0.39 is 10.0 Å². The summed E-state index contributed by atoms with van der Waals surface area (Å²) in [5, 5.41) is 6.60. The topological polar surface area (TPSA) is 104 Å². The van der Waals surface area contributed by atoms with Crippen LogP contribution >= 0.6 is 0 Å². The molecule has 0 aliphatic rings. The van der Waals surface area contributed by atoms with E-state index in [1.165, 1.54) is 0 Å². The van der Waals surface area contributed by atoms with Gasteiger partial charge >= 0.3 is 0 Å². The Hall–Kier alpha value is -2.16. The fourth-order valence-corrected chi connectivity index (χ4v) is 3.72. The van der Waals surface area contributed by atoms with Crippen molar-refractivity contribution in [3.05, 3.63) is 22.8 Å². The second kappa shape index (κ2) is 5.56. The first-order valence-corrected chi connectivity index (χ1v) is 8.18. The Bertz CT molecular complexity index is 767. The van der Waals surface area contributed by atoms with Crippen molar-refractivity contribution < 1.29 is 8.42 Å². The molecule has 2 aromatic rings. The fraction of sp³-hybridized carbons (Fsp3) is 0.462. The molecule has 0 saturated heterocycles. The van der Waals surface area contributed by atoms with Crippen molar-refractivity contribution in [3.8, 4) is 0 Å². The largest absolute Gasteiger partial charge is 0.347 e. The number of sulfonamides is 1. The van der Waals surface area contributed by atoms with Gasteiger partial charge in [0, 0.05) is 14.1 Å². The van der Waals surface area contributed by atoms with Gasteiger partial charge in [-0.25, -0.2) is 18.4 Å². The lowest BCUT2D eigenvalue weighted by molar-refractivity contribution is 0.600. The summed E-state index contributed by atoms with van der Waals surface area (Å²) in [5.41, 5.74) is 2.44. The summed E-state index contributed by atoms with van der Waals surface area (Å²) in [6, 6.07) is 0. The van der Waals surface area contributed by atoms with Crippen LogP contribution in [0.15, 0.2) is 4.90 Å². The van der Waals surface area contributed by atoms with E-state index in [0.29, 0.717) is 34.4 Å². The van der Waals surface area contributed by atoms with Crippen LogP contribution in [-0.4, -0.2) is 42.7 Å². The Morgan fingerprint density at radius 3 is 1.95 bits per heavy atom. The third-order valence-corrected chi connectivity index (χ3v) is 4.84. The highest BCUT2D eigenvalue weighted by Gasteiger charge is 2.24. The van der Waals surface area contributed by atoms with Crippen molar-refractivity contribution in [1.29, 1.82) is 0 Å². The van der Waals surface area contributed by atoms with Crippen molar-refractivity contribution in [2.75, 3.05) is 23.7 Å².